The zero-order chi connectivity index (χ0) is 33.0. The molecule has 1 atom stereocenters. The van der Waals surface area contributed by atoms with Gasteiger partial charge in [0, 0.05) is 16.8 Å². The molecule has 0 saturated carbocycles. The van der Waals surface area contributed by atoms with Crippen LogP contribution in [0.4, 0.5) is 5.69 Å². The second-order valence-electron chi connectivity index (χ2n) is 14.6. The van der Waals surface area contributed by atoms with Crippen molar-refractivity contribution in [3.63, 3.8) is 0 Å². The fraction of sp³-hybridized carbons (Fsp3) is 0.143. The van der Waals surface area contributed by atoms with Crippen molar-refractivity contribution in [3.05, 3.63) is 179 Å². The third-order valence-corrected chi connectivity index (χ3v) is 12.0. The first-order chi connectivity index (χ1) is 24.7. The first kappa shape index (κ1) is 28.2. The first-order valence-electron chi connectivity index (χ1n) is 18.3. The van der Waals surface area contributed by atoms with Crippen molar-refractivity contribution in [2.75, 3.05) is 5.32 Å². The lowest BCUT2D eigenvalue weighted by Gasteiger charge is -2.32. The van der Waals surface area contributed by atoms with Crippen LogP contribution in [0.2, 0.25) is 0 Å². The highest BCUT2D eigenvalue weighted by atomic mass is 14.9. The van der Waals surface area contributed by atoms with Crippen molar-refractivity contribution in [2.24, 2.45) is 0 Å². The SMILES string of the molecule is Cc1ccccc1-c1cc(-c2ccc3c(c2NC2=CCCC=C2)C24C5=C(CCCC=C5)c5cccc(c52)-c2cccc-3c24)c2ccccc2c1. The molecule has 5 aliphatic rings. The molecule has 1 spiro atoms. The molecule has 5 aliphatic carbocycles. The number of benzene rings is 6. The van der Waals surface area contributed by atoms with Crippen LogP contribution in [-0.2, 0) is 5.41 Å². The Labute approximate surface area is 294 Å². The van der Waals surface area contributed by atoms with Crippen LogP contribution < -0.4 is 5.32 Å². The number of hydrogen-bond donors (Lipinski definition) is 1. The van der Waals surface area contributed by atoms with Crippen LogP contribution >= 0.6 is 0 Å². The molecule has 0 aromatic heterocycles. The van der Waals surface area contributed by atoms with E-state index < -0.39 is 0 Å². The summed E-state index contributed by atoms with van der Waals surface area (Å²) >= 11 is 0. The van der Waals surface area contributed by atoms with Crippen LogP contribution in [0.5, 0.6) is 0 Å². The Morgan fingerprint density at radius 2 is 1.26 bits per heavy atom. The molecule has 1 nitrogen and oxygen atoms in total. The van der Waals surface area contributed by atoms with Gasteiger partial charge in [-0.3, -0.25) is 0 Å². The Kier molecular flexibility index (Phi) is 5.88. The minimum Gasteiger partial charge on any atom is -0.355 e. The van der Waals surface area contributed by atoms with Crippen molar-refractivity contribution in [3.8, 4) is 44.5 Å². The number of aryl methyl sites for hydroxylation is 1. The van der Waals surface area contributed by atoms with Gasteiger partial charge in [-0.2, -0.15) is 0 Å². The molecule has 6 aromatic carbocycles. The zero-order valence-corrected chi connectivity index (χ0v) is 28.3. The van der Waals surface area contributed by atoms with Gasteiger partial charge in [0.2, 0.25) is 0 Å². The molecule has 0 heterocycles. The van der Waals surface area contributed by atoms with Crippen molar-refractivity contribution in [1.82, 2.24) is 0 Å². The van der Waals surface area contributed by atoms with Crippen LogP contribution in [0, 0.1) is 6.92 Å². The molecule has 0 bridgehead atoms. The van der Waals surface area contributed by atoms with E-state index in [9.17, 15) is 0 Å². The number of nitrogens with one attached hydrogen (secondary N) is 1. The summed E-state index contributed by atoms with van der Waals surface area (Å²) in [6.07, 6.45) is 17.5. The maximum Gasteiger partial charge on any atom is 0.0754 e. The van der Waals surface area contributed by atoms with E-state index in [4.69, 9.17) is 0 Å². The number of rotatable bonds is 4. The van der Waals surface area contributed by atoms with Crippen molar-refractivity contribution in [2.45, 2.75) is 44.4 Å². The van der Waals surface area contributed by atoms with Crippen molar-refractivity contribution >= 4 is 22.0 Å². The molecule has 0 saturated heterocycles. The molecule has 238 valence electrons. The Bertz CT molecular complexity index is 2610. The summed E-state index contributed by atoms with van der Waals surface area (Å²) in [5, 5.41) is 6.70. The van der Waals surface area contributed by atoms with E-state index in [-0.39, 0.29) is 5.41 Å². The molecule has 0 amide bonds. The van der Waals surface area contributed by atoms with Crippen LogP contribution in [0.1, 0.15) is 59.9 Å². The Morgan fingerprint density at radius 3 is 2.08 bits per heavy atom. The van der Waals surface area contributed by atoms with E-state index in [2.05, 4.69) is 152 Å². The molecule has 6 aromatic rings. The number of allylic oxidation sites excluding steroid dienone is 7. The van der Waals surface area contributed by atoms with E-state index in [1.165, 1.54) is 106 Å². The average molecular weight is 640 g/mol. The molecular weight excluding hydrogens is 603 g/mol. The summed E-state index contributed by atoms with van der Waals surface area (Å²) in [7, 11) is 0. The van der Waals surface area contributed by atoms with Gasteiger partial charge >= 0.3 is 0 Å². The Morgan fingerprint density at radius 1 is 0.560 bits per heavy atom. The topological polar surface area (TPSA) is 12.0 Å². The number of anilines is 1. The number of hydrogen-bond acceptors (Lipinski definition) is 1. The van der Waals surface area contributed by atoms with Gasteiger partial charge in [0.25, 0.3) is 0 Å². The highest BCUT2D eigenvalue weighted by Crippen LogP contribution is 2.71. The van der Waals surface area contributed by atoms with Gasteiger partial charge in [-0.05, 0) is 140 Å². The second kappa shape index (κ2) is 10.4. The van der Waals surface area contributed by atoms with Crippen LogP contribution in [0.3, 0.4) is 0 Å². The lowest BCUT2D eigenvalue weighted by Crippen LogP contribution is -2.26. The van der Waals surface area contributed by atoms with Gasteiger partial charge in [0.15, 0.2) is 0 Å². The monoisotopic (exact) mass is 639 g/mol. The van der Waals surface area contributed by atoms with Gasteiger partial charge in [-0.1, -0.05) is 121 Å². The summed E-state index contributed by atoms with van der Waals surface area (Å²) in [6.45, 7) is 2.23. The first-order valence-corrected chi connectivity index (χ1v) is 18.3. The highest BCUT2D eigenvalue weighted by Gasteiger charge is 2.59. The van der Waals surface area contributed by atoms with E-state index in [1.54, 1.807) is 5.57 Å². The predicted octanol–water partition coefficient (Wildman–Crippen LogP) is 12.9. The van der Waals surface area contributed by atoms with Crippen molar-refractivity contribution in [1.29, 1.82) is 0 Å². The summed E-state index contributed by atoms with van der Waals surface area (Å²) < 4.78 is 0. The normalized spacial score (nSPS) is 18.9. The fourth-order valence-electron chi connectivity index (χ4n) is 10.1. The predicted molar refractivity (Wildman–Crippen MR) is 210 cm³/mol. The van der Waals surface area contributed by atoms with Gasteiger partial charge in [-0.15, -0.1) is 0 Å². The average Bonchev–Trinajstić information content (AvgIpc) is 3.63. The van der Waals surface area contributed by atoms with Crippen molar-refractivity contribution < 1.29 is 0 Å². The van der Waals surface area contributed by atoms with Gasteiger partial charge < -0.3 is 5.32 Å². The second-order valence-corrected chi connectivity index (χ2v) is 14.6. The zero-order valence-electron chi connectivity index (χ0n) is 28.3. The molecule has 1 unspecified atom stereocenters. The van der Waals surface area contributed by atoms with E-state index >= 15 is 0 Å². The summed E-state index contributed by atoms with van der Waals surface area (Å²) in [4.78, 5) is 0. The summed E-state index contributed by atoms with van der Waals surface area (Å²) in [6, 6.07) is 41.5. The molecule has 1 N–H and O–H groups in total. The van der Waals surface area contributed by atoms with Crippen LogP contribution in [-0.4, -0.2) is 0 Å². The minimum absolute atomic E-state index is 0.343. The Balaban J connectivity index is 1.29. The molecular formula is C49H37N. The van der Waals surface area contributed by atoms with Gasteiger partial charge in [0.1, 0.15) is 0 Å². The van der Waals surface area contributed by atoms with Gasteiger partial charge in [0.05, 0.1) is 11.1 Å². The lowest BCUT2D eigenvalue weighted by molar-refractivity contribution is 0.811. The lowest BCUT2D eigenvalue weighted by atomic mass is 9.70. The molecule has 11 rings (SSSR count). The third-order valence-electron chi connectivity index (χ3n) is 12.0. The van der Waals surface area contributed by atoms with E-state index in [1.807, 2.05) is 0 Å². The van der Waals surface area contributed by atoms with Crippen LogP contribution in [0.25, 0.3) is 60.9 Å². The molecule has 1 heteroatoms. The number of fused-ring (bicyclic) bond motifs is 5. The Hall–Kier alpha value is -5.66. The van der Waals surface area contributed by atoms with Crippen LogP contribution in [0.15, 0.2) is 151 Å². The third kappa shape index (κ3) is 3.62. The molecule has 0 radical (unpaired) electrons. The standard InChI is InChI=1S/C49H37N/c1-30-14-8-10-18-34(30)32-28-31-15-9-11-19-35(31)43(29-32)42-27-26-41-40-24-13-23-39-38-22-12-21-37-36-20-6-3-7-25-44(36)49(45(37)38,46(39)40)47(41)48(42)50-33-16-4-2-5-17-33/h4,7-19,21-29,50H,2-3,5-6,20H2,1H3. The quantitative estimate of drug-likeness (QED) is 0.202. The summed E-state index contributed by atoms with van der Waals surface area (Å²) in [5.74, 6) is 0. The highest BCUT2D eigenvalue weighted by molar-refractivity contribution is 6.11. The summed E-state index contributed by atoms with van der Waals surface area (Å²) in [5.41, 5.74) is 22.9. The maximum atomic E-state index is 4.16. The minimum atomic E-state index is -0.343. The molecule has 0 fully saturated rings. The van der Waals surface area contributed by atoms with E-state index in [0.717, 1.165) is 25.7 Å². The smallest absolute Gasteiger partial charge is 0.0754 e. The largest absolute Gasteiger partial charge is 0.355 e. The molecule has 0 aliphatic heterocycles. The molecule has 50 heavy (non-hydrogen) atoms. The van der Waals surface area contributed by atoms with Gasteiger partial charge in [-0.25, -0.2) is 0 Å². The maximum absolute atomic E-state index is 4.16. The fourth-order valence-corrected chi connectivity index (χ4v) is 10.1. The van der Waals surface area contributed by atoms with E-state index in [0.29, 0.717) is 0 Å².